The van der Waals surface area contributed by atoms with Gasteiger partial charge < -0.3 is 9.64 Å². The van der Waals surface area contributed by atoms with Gasteiger partial charge in [-0.05, 0) is 122 Å². The van der Waals surface area contributed by atoms with E-state index in [1.54, 1.807) is 0 Å². The maximum absolute atomic E-state index is 5.62. The molecule has 3 rings (SSSR count). The lowest BCUT2D eigenvalue weighted by Gasteiger charge is -2.27. The monoisotopic (exact) mass is 555 g/mol. The van der Waals surface area contributed by atoms with Crippen LogP contribution in [0, 0.1) is 12.8 Å². The minimum absolute atomic E-state index is 0.358. The summed E-state index contributed by atoms with van der Waals surface area (Å²) in [7, 11) is 1.83. The average molecular weight is 556 g/mol. The largest absolute Gasteiger partial charge is 0.381 e. The molecule has 0 saturated heterocycles. The Labute approximate surface area is 252 Å². The first kappa shape index (κ1) is 32.9. The van der Waals surface area contributed by atoms with Crippen molar-refractivity contribution in [3.05, 3.63) is 89.0 Å². The summed E-state index contributed by atoms with van der Waals surface area (Å²) in [4.78, 5) is 2.44. The molecular formula is C39H57NO. The van der Waals surface area contributed by atoms with E-state index in [-0.39, 0.29) is 0 Å². The molecule has 4 atom stereocenters. The summed E-state index contributed by atoms with van der Waals surface area (Å²) in [6.07, 6.45) is 11.1. The van der Waals surface area contributed by atoms with E-state index in [4.69, 9.17) is 4.74 Å². The molecule has 41 heavy (non-hydrogen) atoms. The van der Waals surface area contributed by atoms with E-state index >= 15 is 0 Å². The molecule has 0 bridgehead atoms. The number of anilines is 3. The van der Waals surface area contributed by atoms with Crippen LogP contribution in [0.3, 0.4) is 0 Å². The fourth-order valence-corrected chi connectivity index (χ4v) is 5.78. The molecule has 224 valence electrons. The van der Waals surface area contributed by atoms with Crippen LogP contribution in [0.5, 0.6) is 0 Å². The molecule has 0 radical (unpaired) electrons. The standard InChI is InChI=1S/C39H57NO/c1-9-12-13-35-28-38(22-16-32(35)7)40(36-23-18-33(19-24-36)30(5)15-14-29(4)10-2)37-25-20-34(21-26-37)31(6)17-27-39(11-3)41-8/h16,18-26,28-31,39H,9-15,17,27H2,1-8H3. The van der Waals surface area contributed by atoms with E-state index in [9.17, 15) is 0 Å². The highest BCUT2D eigenvalue weighted by molar-refractivity contribution is 5.77. The molecular weight excluding hydrogens is 498 g/mol. The Morgan fingerprint density at radius 3 is 1.68 bits per heavy atom. The summed E-state index contributed by atoms with van der Waals surface area (Å²) in [5.74, 6) is 1.89. The van der Waals surface area contributed by atoms with Gasteiger partial charge in [0.1, 0.15) is 0 Å². The Hall–Kier alpha value is -2.58. The van der Waals surface area contributed by atoms with Crippen LogP contribution in [0.2, 0.25) is 0 Å². The van der Waals surface area contributed by atoms with Crippen LogP contribution >= 0.6 is 0 Å². The highest BCUT2D eigenvalue weighted by Gasteiger charge is 2.17. The third-order valence-corrected chi connectivity index (χ3v) is 9.33. The molecule has 4 unspecified atom stereocenters. The van der Waals surface area contributed by atoms with E-state index in [2.05, 4.69) is 120 Å². The van der Waals surface area contributed by atoms with Crippen molar-refractivity contribution in [1.29, 1.82) is 0 Å². The zero-order chi connectivity index (χ0) is 29.8. The number of ether oxygens (including phenoxy) is 1. The molecule has 0 aliphatic rings. The number of unbranched alkanes of at least 4 members (excludes halogenated alkanes) is 1. The van der Waals surface area contributed by atoms with E-state index in [0.717, 1.165) is 31.6 Å². The molecule has 0 aliphatic carbocycles. The molecule has 3 aromatic rings. The van der Waals surface area contributed by atoms with Crippen LogP contribution in [-0.2, 0) is 11.2 Å². The fourth-order valence-electron chi connectivity index (χ4n) is 5.78. The zero-order valence-corrected chi connectivity index (χ0v) is 27.4. The van der Waals surface area contributed by atoms with Crippen LogP contribution in [-0.4, -0.2) is 13.2 Å². The Morgan fingerprint density at radius 1 is 0.659 bits per heavy atom. The topological polar surface area (TPSA) is 12.5 Å². The summed E-state index contributed by atoms with van der Waals surface area (Å²) < 4.78 is 5.62. The van der Waals surface area contributed by atoms with E-state index in [0.29, 0.717) is 17.9 Å². The smallest absolute Gasteiger partial charge is 0.0569 e. The molecule has 0 spiro atoms. The summed E-state index contributed by atoms with van der Waals surface area (Å²) >= 11 is 0. The number of rotatable bonds is 17. The van der Waals surface area contributed by atoms with Gasteiger partial charge in [0.25, 0.3) is 0 Å². The number of hydrogen-bond donors (Lipinski definition) is 0. The first-order valence-corrected chi connectivity index (χ1v) is 16.4. The second-order valence-corrected chi connectivity index (χ2v) is 12.5. The van der Waals surface area contributed by atoms with Gasteiger partial charge in [-0.25, -0.2) is 0 Å². The minimum atomic E-state index is 0.358. The summed E-state index contributed by atoms with van der Waals surface area (Å²) in [6, 6.07) is 25.7. The normalized spacial score (nSPS) is 14.4. The molecule has 2 heteroatoms. The van der Waals surface area contributed by atoms with Crippen molar-refractivity contribution in [3.63, 3.8) is 0 Å². The molecule has 0 heterocycles. The van der Waals surface area contributed by atoms with Crippen molar-refractivity contribution < 1.29 is 4.74 Å². The van der Waals surface area contributed by atoms with Crippen LogP contribution in [0.25, 0.3) is 0 Å². The van der Waals surface area contributed by atoms with Crippen molar-refractivity contribution in [2.45, 2.75) is 124 Å². The van der Waals surface area contributed by atoms with Crippen LogP contribution < -0.4 is 4.90 Å². The lowest BCUT2D eigenvalue weighted by Crippen LogP contribution is -2.12. The average Bonchev–Trinajstić information content (AvgIpc) is 3.00. The Morgan fingerprint density at radius 2 is 1.20 bits per heavy atom. The van der Waals surface area contributed by atoms with Crippen LogP contribution in [0.15, 0.2) is 66.7 Å². The van der Waals surface area contributed by atoms with Gasteiger partial charge in [0.2, 0.25) is 0 Å². The second kappa shape index (κ2) is 16.8. The Kier molecular flexibility index (Phi) is 13.5. The number of benzene rings is 3. The summed E-state index contributed by atoms with van der Waals surface area (Å²) in [6.45, 7) is 16.1. The lowest BCUT2D eigenvalue weighted by molar-refractivity contribution is 0.0889. The molecule has 0 N–H and O–H groups in total. The van der Waals surface area contributed by atoms with Crippen LogP contribution in [0.1, 0.15) is 127 Å². The van der Waals surface area contributed by atoms with Crippen molar-refractivity contribution >= 4 is 17.1 Å². The number of aryl methyl sites for hydroxylation is 2. The summed E-state index contributed by atoms with van der Waals surface area (Å²) in [5.41, 5.74) is 9.36. The highest BCUT2D eigenvalue weighted by Crippen LogP contribution is 2.38. The van der Waals surface area contributed by atoms with Crippen molar-refractivity contribution in [2.24, 2.45) is 5.92 Å². The molecule has 0 fully saturated rings. The Balaban J connectivity index is 1.91. The lowest BCUT2D eigenvalue weighted by atomic mass is 9.91. The van der Waals surface area contributed by atoms with Crippen molar-refractivity contribution in [3.8, 4) is 0 Å². The van der Waals surface area contributed by atoms with Crippen molar-refractivity contribution in [2.75, 3.05) is 12.0 Å². The molecule has 0 aliphatic heterocycles. The molecule has 0 amide bonds. The van der Waals surface area contributed by atoms with Crippen LogP contribution in [0.4, 0.5) is 17.1 Å². The van der Waals surface area contributed by atoms with E-state index < -0.39 is 0 Å². The number of nitrogens with zero attached hydrogens (tertiary/aromatic N) is 1. The molecule has 0 aromatic heterocycles. The molecule has 3 aromatic carbocycles. The quantitative estimate of drug-likeness (QED) is 0.164. The summed E-state index contributed by atoms with van der Waals surface area (Å²) in [5, 5.41) is 0. The Bertz CT molecular complexity index is 1150. The highest BCUT2D eigenvalue weighted by atomic mass is 16.5. The zero-order valence-electron chi connectivity index (χ0n) is 27.4. The fraction of sp³-hybridized carbons (Fsp3) is 0.538. The first-order valence-electron chi connectivity index (χ1n) is 16.4. The first-order chi connectivity index (χ1) is 19.8. The maximum atomic E-state index is 5.62. The molecule has 0 saturated carbocycles. The number of methoxy groups -OCH3 is 1. The molecule has 2 nitrogen and oxygen atoms in total. The van der Waals surface area contributed by atoms with E-state index in [1.165, 1.54) is 71.4 Å². The minimum Gasteiger partial charge on any atom is -0.381 e. The van der Waals surface area contributed by atoms with Gasteiger partial charge in [0, 0.05) is 24.2 Å². The SMILES string of the molecule is CCCCc1cc(N(c2ccc(C(C)CCC(C)CC)cc2)c2ccc(C(C)CCC(CC)OC)cc2)ccc1C. The predicted molar refractivity (Wildman–Crippen MR) is 180 cm³/mol. The second-order valence-electron chi connectivity index (χ2n) is 12.5. The third-order valence-electron chi connectivity index (χ3n) is 9.33. The van der Waals surface area contributed by atoms with Gasteiger partial charge in [-0.1, -0.05) is 91.1 Å². The number of hydrogen-bond acceptors (Lipinski definition) is 2. The van der Waals surface area contributed by atoms with Gasteiger partial charge in [0.15, 0.2) is 0 Å². The third kappa shape index (κ3) is 9.47. The van der Waals surface area contributed by atoms with E-state index in [1.807, 2.05) is 7.11 Å². The van der Waals surface area contributed by atoms with Gasteiger partial charge in [-0.15, -0.1) is 0 Å². The van der Waals surface area contributed by atoms with Gasteiger partial charge in [-0.3, -0.25) is 0 Å². The maximum Gasteiger partial charge on any atom is 0.0569 e. The van der Waals surface area contributed by atoms with Gasteiger partial charge in [0.05, 0.1) is 6.10 Å². The van der Waals surface area contributed by atoms with Gasteiger partial charge >= 0.3 is 0 Å². The van der Waals surface area contributed by atoms with Gasteiger partial charge in [-0.2, -0.15) is 0 Å². The predicted octanol–water partition coefficient (Wildman–Crippen LogP) is 12.0. The van der Waals surface area contributed by atoms with Crippen molar-refractivity contribution in [1.82, 2.24) is 0 Å².